The lowest BCUT2D eigenvalue weighted by molar-refractivity contribution is 0.1000. The third-order valence-corrected chi connectivity index (χ3v) is 4.38. The minimum absolute atomic E-state index is 0.256. The third-order valence-electron chi connectivity index (χ3n) is 4.38. The molecular formula is C17H27N3O2. The Kier molecular flexibility index (Phi) is 6.36. The SMILES string of the molecule is CN(Cc1ccc(C(N)=O)cc1)CC1CCN(CCO)CC1. The molecule has 122 valence electrons. The van der Waals surface area contributed by atoms with Crippen LogP contribution in [0, 0.1) is 5.92 Å². The van der Waals surface area contributed by atoms with E-state index < -0.39 is 0 Å². The Morgan fingerprint density at radius 3 is 2.50 bits per heavy atom. The number of nitrogens with two attached hydrogens (primary N) is 1. The number of benzene rings is 1. The fourth-order valence-electron chi connectivity index (χ4n) is 3.13. The number of amides is 1. The van der Waals surface area contributed by atoms with Gasteiger partial charge >= 0.3 is 0 Å². The molecule has 0 bridgehead atoms. The zero-order valence-corrected chi connectivity index (χ0v) is 13.4. The maximum Gasteiger partial charge on any atom is 0.248 e. The molecule has 0 aliphatic carbocycles. The standard InChI is InChI=1S/C17H27N3O2/c1-19(12-14-2-4-16(5-3-14)17(18)22)13-15-6-8-20(9-7-15)10-11-21/h2-5,15,21H,6-13H2,1H3,(H2,18,22). The van der Waals surface area contributed by atoms with Gasteiger partial charge in [0.25, 0.3) is 0 Å². The number of hydrogen-bond acceptors (Lipinski definition) is 4. The van der Waals surface area contributed by atoms with Crippen molar-refractivity contribution in [3.05, 3.63) is 35.4 Å². The first-order chi connectivity index (χ1) is 10.6. The second kappa shape index (κ2) is 8.27. The Morgan fingerprint density at radius 2 is 1.95 bits per heavy atom. The summed E-state index contributed by atoms with van der Waals surface area (Å²) in [6, 6.07) is 7.53. The van der Waals surface area contributed by atoms with Crippen molar-refractivity contribution in [1.82, 2.24) is 9.80 Å². The summed E-state index contributed by atoms with van der Waals surface area (Å²) in [5.41, 5.74) is 7.01. The number of aliphatic hydroxyl groups excluding tert-OH is 1. The van der Waals surface area contributed by atoms with Gasteiger partial charge in [0.15, 0.2) is 0 Å². The van der Waals surface area contributed by atoms with Crippen LogP contribution in [0.15, 0.2) is 24.3 Å². The van der Waals surface area contributed by atoms with E-state index in [2.05, 4.69) is 16.8 Å². The summed E-state index contributed by atoms with van der Waals surface area (Å²) in [6.07, 6.45) is 2.40. The maximum absolute atomic E-state index is 11.1. The van der Waals surface area contributed by atoms with E-state index in [0.29, 0.717) is 5.56 Å². The number of carbonyl (C=O) groups excluding carboxylic acids is 1. The second-order valence-corrected chi connectivity index (χ2v) is 6.27. The van der Waals surface area contributed by atoms with Crippen LogP contribution in [0.1, 0.15) is 28.8 Å². The summed E-state index contributed by atoms with van der Waals surface area (Å²) in [4.78, 5) is 15.7. The molecule has 0 unspecified atom stereocenters. The number of carbonyl (C=O) groups is 1. The summed E-state index contributed by atoms with van der Waals surface area (Å²) >= 11 is 0. The molecule has 0 radical (unpaired) electrons. The van der Waals surface area contributed by atoms with Crippen LogP contribution >= 0.6 is 0 Å². The van der Waals surface area contributed by atoms with E-state index in [1.165, 1.54) is 18.4 Å². The summed E-state index contributed by atoms with van der Waals surface area (Å²) in [7, 11) is 2.14. The van der Waals surface area contributed by atoms with Gasteiger partial charge in [0.2, 0.25) is 5.91 Å². The predicted molar refractivity (Wildman–Crippen MR) is 87.5 cm³/mol. The molecule has 5 heteroatoms. The quantitative estimate of drug-likeness (QED) is 0.786. The van der Waals surface area contributed by atoms with Crippen LogP contribution in [0.25, 0.3) is 0 Å². The highest BCUT2D eigenvalue weighted by Gasteiger charge is 2.19. The molecule has 1 aromatic rings. The minimum Gasteiger partial charge on any atom is -0.395 e. The normalized spacial score (nSPS) is 17.0. The summed E-state index contributed by atoms with van der Waals surface area (Å²) in [5.74, 6) is 0.347. The molecule has 1 heterocycles. The Labute approximate surface area is 132 Å². The van der Waals surface area contributed by atoms with Crippen LogP contribution < -0.4 is 5.73 Å². The first-order valence-electron chi connectivity index (χ1n) is 7.99. The molecule has 5 nitrogen and oxygen atoms in total. The molecule has 1 amide bonds. The van der Waals surface area contributed by atoms with E-state index in [-0.39, 0.29) is 12.5 Å². The predicted octanol–water partition coefficient (Wildman–Crippen LogP) is 0.922. The summed E-state index contributed by atoms with van der Waals surface area (Å²) < 4.78 is 0. The molecule has 3 N–H and O–H groups in total. The molecule has 0 aromatic heterocycles. The number of β-amino-alcohol motifs (C(OH)–C–C–N with tert-alkyl or cyclic N) is 1. The van der Waals surface area contributed by atoms with Gasteiger partial charge in [-0.2, -0.15) is 0 Å². The highest BCUT2D eigenvalue weighted by Crippen LogP contribution is 2.18. The third kappa shape index (κ3) is 5.09. The summed E-state index contributed by atoms with van der Waals surface area (Å²) in [5, 5.41) is 8.97. The molecule has 1 aromatic carbocycles. The number of rotatable bonds is 7. The average Bonchev–Trinajstić information content (AvgIpc) is 2.50. The maximum atomic E-state index is 11.1. The molecule has 2 rings (SSSR count). The van der Waals surface area contributed by atoms with Crippen LogP contribution in [0.3, 0.4) is 0 Å². The monoisotopic (exact) mass is 305 g/mol. The molecule has 0 spiro atoms. The van der Waals surface area contributed by atoms with Gasteiger partial charge in [0.1, 0.15) is 0 Å². The highest BCUT2D eigenvalue weighted by atomic mass is 16.3. The van der Waals surface area contributed by atoms with Crippen LogP contribution in [0.2, 0.25) is 0 Å². The molecule has 1 fully saturated rings. The number of primary amides is 1. The second-order valence-electron chi connectivity index (χ2n) is 6.27. The van der Waals surface area contributed by atoms with E-state index in [1.54, 1.807) is 12.1 Å². The number of piperidine rings is 1. The van der Waals surface area contributed by atoms with E-state index in [9.17, 15) is 4.79 Å². The zero-order chi connectivity index (χ0) is 15.9. The van der Waals surface area contributed by atoms with Crippen molar-refractivity contribution in [2.24, 2.45) is 11.7 Å². The van der Waals surface area contributed by atoms with Crippen LogP contribution in [-0.2, 0) is 6.54 Å². The topological polar surface area (TPSA) is 69.8 Å². The van der Waals surface area contributed by atoms with Crippen molar-refractivity contribution < 1.29 is 9.90 Å². The zero-order valence-electron chi connectivity index (χ0n) is 13.4. The Morgan fingerprint density at radius 1 is 1.32 bits per heavy atom. The largest absolute Gasteiger partial charge is 0.395 e. The Hall–Kier alpha value is -1.43. The van der Waals surface area contributed by atoms with E-state index in [4.69, 9.17) is 10.8 Å². The molecule has 22 heavy (non-hydrogen) atoms. The van der Waals surface area contributed by atoms with Gasteiger partial charge < -0.3 is 20.6 Å². The Balaban J connectivity index is 1.76. The first kappa shape index (κ1) is 16.9. The van der Waals surface area contributed by atoms with Crippen molar-refractivity contribution in [1.29, 1.82) is 0 Å². The van der Waals surface area contributed by atoms with Crippen molar-refractivity contribution in [3.63, 3.8) is 0 Å². The van der Waals surface area contributed by atoms with E-state index in [0.717, 1.165) is 38.6 Å². The van der Waals surface area contributed by atoms with Gasteiger partial charge in [-0.15, -0.1) is 0 Å². The lowest BCUT2D eigenvalue weighted by Gasteiger charge is -2.33. The van der Waals surface area contributed by atoms with Crippen molar-refractivity contribution >= 4 is 5.91 Å². The number of nitrogens with zero attached hydrogens (tertiary/aromatic N) is 2. The molecular weight excluding hydrogens is 278 g/mol. The Bertz CT molecular complexity index is 467. The van der Waals surface area contributed by atoms with Crippen molar-refractivity contribution in [2.45, 2.75) is 19.4 Å². The number of aliphatic hydroxyl groups is 1. The number of likely N-dealkylation sites (tertiary alicyclic amines) is 1. The van der Waals surface area contributed by atoms with Gasteiger partial charge in [-0.1, -0.05) is 12.1 Å². The van der Waals surface area contributed by atoms with Gasteiger partial charge in [0, 0.05) is 25.2 Å². The lowest BCUT2D eigenvalue weighted by atomic mass is 9.96. The van der Waals surface area contributed by atoms with Gasteiger partial charge in [-0.3, -0.25) is 4.79 Å². The van der Waals surface area contributed by atoms with E-state index >= 15 is 0 Å². The molecule has 0 atom stereocenters. The van der Waals surface area contributed by atoms with Crippen LogP contribution in [0.4, 0.5) is 0 Å². The average molecular weight is 305 g/mol. The van der Waals surface area contributed by atoms with Crippen molar-refractivity contribution in [3.8, 4) is 0 Å². The fourth-order valence-corrected chi connectivity index (χ4v) is 3.13. The van der Waals surface area contributed by atoms with Gasteiger partial charge in [0.05, 0.1) is 6.61 Å². The summed E-state index contributed by atoms with van der Waals surface area (Å²) in [6.45, 7) is 5.21. The van der Waals surface area contributed by atoms with Crippen molar-refractivity contribution in [2.75, 3.05) is 39.8 Å². The fraction of sp³-hybridized carbons (Fsp3) is 0.588. The molecule has 1 aliphatic rings. The lowest BCUT2D eigenvalue weighted by Crippen LogP contribution is -2.38. The van der Waals surface area contributed by atoms with Crippen LogP contribution in [0.5, 0.6) is 0 Å². The first-order valence-corrected chi connectivity index (χ1v) is 7.99. The molecule has 1 saturated heterocycles. The highest BCUT2D eigenvalue weighted by molar-refractivity contribution is 5.92. The van der Waals surface area contributed by atoms with Crippen LogP contribution in [-0.4, -0.2) is 60.6 Å². The number of hydrogen-bond donors (Lipinski definition) is 2. The smallest absolute Gasteiger partial charge is 0.248 e. The molecule has 1 aliphatic heterocycles. The van der Waals surface area contributed by atoms with Gasteiger partial charge in [-0.25, -0.2) is 0 Å². The molecule has 0 saturated carbocycles. The van der Waals surface area contributed by atoms with Gasteiger partial charge in [-0.05, 0) is 56.6 Å². The minimum atomic E-state index is -0.380. The van der Waals surface area contributed by atoms with E-state index in [1.807, 2.05) is 12.1 Å².